The van der Waals surface area contributed by atoms with Gasteiger partial charge in [0, 0.05) is 17.9 Å². The fraction of sp³-hybridized carbons (Fsp3) is 0.500. The summed E-state index contributed by atoms with van der Waals surface area (Å²) in [7, 11) is 0. The van der Waals surface area contributed by atoms with Crippen molar-refractivity contribution in [2.45, 2.75) is 38.1 Å². The molecule has 2 rings (SSSR count). The molecule has 2 unspecified atom stereocenters. The van der Waals surface area contributed by atoms with E-state index in [9.17, 15) is 18.0 Å². The molecule has 1 aromatic carbocycles. The molecule has 116 valence electrons. The minimum Gasteiger partial charge on any atom is -0.398 e. The molecule has 0 bridgehead atoms. The van der Waals surface area contributed by atoms with Crippen LogP contribution in [0, 0.1) is 0 Å². The number of amides is 1. The molecule has 2 atom stereocenters. The van der Waals surface area contributed by atoms with Gasteiger partial charge in [0.05, 0.1) is 17.7 Å². The van der Waals surface area contributed by atoms with Crippen molar-refractivity contribution in [2.24, 2.45) is 0 Å². The van der Waals surface area contributed by atoms with Crippen molar-refractivity contribution >= 4 is 11.6 Å². The number of alkyl halides is 3. The Labute approximate surface area is 120 Å². The quantitative estimate of drug-likeness (QED) is 0.844. The van der Waals surface area contributed by atoms with Gasteiger partial charge in [0.1, 0.15) is 0 Å². The third-order valence-electron chi connectivity index (χ3n) is 3.50. The van der Waals surface area contributed by atoms with Crippen LogP contribution in [0.15, 0.2) is 18.2 Å². The summed E-state index contributed by atoms with van der Waals surface area (Å²) < 4.78 is 43.7. The first-order valence-electron chi connectivity index (χ1n) is 6.68. The lowest BCUT2D eigenvalue weighted by Crippen LogP contribution is -2.40. The average molecular weight is 302 g/mol. The Bertz CT molecular complexity index is 525. The molecule has 1 heterocycles. The standard InChI is InChI=1S/C14H17F3N2O2/c1-8(12-3-2-6-21-12)19-13(20)9-4-5-11(18)10(7-9)14(15,16)17/h4-5,7-8,12H,2-3,6,18H2,1H3,(H,19,20). The number of nitrogen functional groups attached to an aromatic ring is 1. The van der Waals surface area contributed by atoms with Crippen molar-refractivity contribution in [1.29, 1.82) is 0 Å². The Kier molecular flexibility index (Phi) is 4.41. The van der Waals surface area contributed by atoms with Crippen LogP contribution in [0.3, 0.4) is 0 Å². The lowest BCUT2D eigenvalue weighted by Gasteiger charge is -2.20. The number of rotatable bonds is 3. The number of benzene rings is 1. The second kappa shape index (κ2) is 5.93. The normalized spacial score (nSPS) is 20.3. The molecule has 1 aliphatic rings. The molecule has 1 aromatic rings. The van der Waals surface area contributed by atoms with Crippen LogP contribution in [0.4, 0.5) is 18.9 Å². The fourth-order valence-corrected chi connectivity index (χ4v) is 2.32. The van der Waals surface area contributed by atoms with E-state index in [0.29, 0.717) is 6.61 Å². The zero-order valence-electron chi connectivity index (χ0n) is 11.5. The van der Waals surface area contributed by atoms with Crippen molar-refractivity contribution in [3.05, 3.63) is 29.3 Å². The zero-order chi connectivity index (χ0) is 15.6. The molecule has 0 saturated carbocycles. The van der Waals surface area contributed by atoms with Crippen molar-refractivity contribution in [3.63, 3.8) is 0 Å². The molecule has 1 saturated heterocycles. The Morgan fingerprint density at radius 1 is 1.48 bits per heavy atom. The molecular formula is C14H17F3N2O2. The van der Waals surface area contributed by atoms with Gasteiger partial charge < -0.3 is 15.8 Å². The highest BCUT2D eigenvalue weighted by atomic mass is 19.4. The molecule has 7 heteroatoms. The minimum atomic E-state index is -4.58. The molecule has 3 N–H and O–H groups in total. The van der Waals surface area contributed by atoms with Crippen molar-refractivity contribution in [1.82, 2.24) is 5.32 Å². The van der Waals surface area contributed by atoms with E-state index >= 15 is 0 Å². The largest absolute Gasteiger partial charge is 0.418 e. The maximum Gasteiger partial charge on any atom is 0.418 e. The summed E-state index contributed by atoms with van der Waals surface area (Å²) in [6, 6.07) is 2.88. The van der Waals surface area contributed by atoms with Crippen molar-refractivity contribution in [3.8, 4) is 0 Å². The highest BCUT2D eigenvalue weighted by Gasteiger charge is 2.34. The molecule has 21 heavy (non-hydrogen) atoms. The van der Waals surface area contributed by atoms with Crippen molar-refractivity contribution in [2.75, 3.05) is 12.3 Å². The summed E-state index contributed by atoms with van der Waals surface area (Å²) in [6.07, 6.45) is -2.92. The van der Waals surface area contributed by atoms with Gasteiger partial charge in [0.25, 0.3) is 5.91 Å². The van der Waals surface area contributed by atoms with Gasteiger partial charge in [-0.2, -0.15) is 13.2 Å². The van der Waals surface area contributed by atoms with E-state index in [0.717, 1.165) is 25.0 Å². The summed E-state index contributed by atoms with van der Waals surface area (Å²) in [4.78, 5) is 12.0. The third kappa shape index (κ3) is 3.66. The molecular weight excluding hydrogens is 285 g/mol. The number of carbonyl (C=O) groups is 1. The van der Waals surface area contributed by atoms with E-state index in [-0.39, 0.29) is 17.7 Å². The van der Waals surface area contributed by atoms with E-state index in [1.165, 1.54) is 6.07 Å². The number of ether oxygens (including phenoxy) is 1. The van der Waals surface area contributed by atoms with Gasteiger partial charge in [-0.05, 0) is 38.0 Å². The molecule has 0 spiro atoms. The molecule has 0 aliphatic carbocycles. The molecule has 1 amide bonds. The van der Waals surface area contributed by atoms with Crippen LogP contribution in [0.25, 0.3) is 0 Å². The average Bonchev–Trinajstić information content (AvgIpc) is 2.91. The van der Waals surface area contributed by atoms with Crippen LogP contribution >= 0.6 is 0 Å². The summed E-state index contributed by atoms with van der Waals surface area (Å²) in [5, 5.41) is 2.66. The Morgan fingerprint density at radius 3 is 2.76 bits per heavy atom. The van der Waals surface area contributed by atoms with Gasteiger partial charge in [-0.3, -0.25) is 4.79 Å². The Hall–Kier alpha value is -1.76. The lowest BCUT2D eigenvalue weighted by atomic mass is 10.1. The first kappa shape index (κ1) is 15.6. The van der Waals surface area contributed by atoms with Gasteiger partial charge in [0.2, 0.25) is 0 Å². The predicted molar refractivity (Wildman–Crippen MR) is 71.8 cm³/mol. The second-order valence-electron chi connectivity index (χ2n) is 5.11. The summed E-state index contributed by atoms with van der Waals surface area (Å²) >= 11 is 0. The van der Waals surface area contributed by atoms with E-state index < -0.39 is 23.3 Å². The summed E-state index contributed by atoms with van der Waals surface area (Å²) in [5.74, 6) is -0.566. The van der Waals surface area contributed by atoms with E-state index in [1.807, 2.05) is 0 Å². The highest BCUT2D eigenvalue weighted by Crippen LogP contribution is 2.34. The van der Waals surface area contributed by atoms with Crippen LogP contribution in [0.2, 0.25) is 0 Å². The first-order valence-corrected chi connectivity index (χ1v) is 6.68. The van der Waals surface area contributed by atoms with E-state index in [2.05, 4.69) is 5.32 Å². The van der Waals surface area contributed by atoms with Crippen LogP contribution in [0.1, 0.15) is 35.7 Å². The lowest BCUT2D eigenvalue weighted by molar-refractivity contribution is -0.136. The monoisotopic (exact) mass is 302 g/mol. The third-order valence-corrected chi connectivity index (χ3v) is 3.50. The number of anilines is 1. The zero-order valence-corrected chi connectivity index (χ0v) is 11.5. The van der Waals surface area contributed by atoms with E-state index in [1.54, 1.807) is 6.92 Å². The highest BCUT2D eigenvalue weighted by molar-refractivity contribution is 5.95. The predicted octanol–water partition coefficient (Wildman–Crippen LogP) is 2.58. The summed E-state index contributed by atoms with van der Waals surface area (Å²) in [5.41, 5.74) is 3.84. The van der Waals surface area contributed by atoms with Crippen LogP contribution in [0.5, 0.6) is 0 Å². The molecule has 4 nitrogen and oxygen atoms in total. The van der Waals surface area contributed by atoms with Gasteiger partial charge in [-0.25, -0.2) is 0 Å². The van der Waals surface area contributed by atoms with Crippen LogP contribution in [-0.4, -0.2) is 24.7 Å². The topological polar surface area (TPSA) is 64.4 Å². The van der Waals surface area contributed by atoms with Gasteiger partial charge in [-0.15, -0.1) is 0 Å². The molecule has 0 aromatic heterocycles. The number of carbonyl (C=O) groups excluding carboxylic acids is 1. The number of nitrogens with one attached hydrogen (secondary N) is 1. The smallest absolute Gasteiger partial charge is 0.398 e. The number of hydrogen-bond donors (Lipinski definition) is 2. The van der Waals surface area contributed by atoms with Gasteiger partial charge in [0.15, 0.2) is 0 Å². The van der Waals surface area contributed by atoms with Crippen molar-refractivity contribution < 1.29 is 22.7 Å². The number of hydrogen-bond acceptors (Lipinski definition) is 3. The van der Waals surface area contributed by atoms with Gasteiger partial charge >= 0.3 is 6.18 Å². The fourth-order valence-electron chi connectivity index (χ4n) is 2.32. The maximum atomic E-state index is 12.8. The Morgan fingerprint density at radius 2 is 2.19 bits per heavy atom. The Balaban J connectivity index is 2.12. The molecule has 1 fully saturated rings. The minimum absolute atomic E-state index is 0.0682. The van der Waals surface area contributed by atoms with Crippen LogP contribution < -0.4 is 11.1 Å². The van der Waals surface area contributed by atoms with Gasteiger partial charge in [-0.1, -0.05) is 0 Å². The maximum absolute atomic E-state index is 12.8. The number of nitrogens with two attached hydrogens (primary N) is 1. The molecule has 1 aliphatic heterocycles. The van der Waals surface area contributed by atoms with Crippen LogP contribution in [-0.2, 0) is 10.9 Å². The summed E-state index contributed by atoms with van der Waals surface area (Å²) in [6.45, 7) is 2.42. The molecule has 0 radical (unpaired) electrons. The SMILES string of the molecule is CC(NC(=O)c1ccc(N)c(C(F)(F)F)c1)C1CCCO1. The first-order chi connectivity index (χ1) is 9.79. The second-order valence-corrected chi connectivity index (χ2v) is 5.11. The van der Waals surface area contributed by atoms with E-state index in [4.69, 9.17) is 10.5 Å². The number of halogens is 3.